The summed E-state index contributed by atoms with van der Waals surface area (Å²) in [5.74, 6) is -1.76. The van der Waals surface area contributed by atoms with E-state index in [1.54, 1.807) is 6.07 Å². The molecule has 0 N–H and O–H groups in total. The minimum Gasteiger partial charge on any atom is -0.447 e. The fourth-order valence-corrected chi connectivity index (χ4v) is 2.04. The van der Waals surface area contributed by atoms with Gasteiger partial charge in [-0.15, -0.1) is 0 Å². The number of hydrogen-bond acceptors (Lipinski definition) is 3. The highest BCUT2D eigenvalue weighted by molar-refractivity contribution is 9.08. The van der Waals surface area contributed by atoms with Gasteiger partial charge in [-0.05, 0) is 18.2 Å². The molecule has 0 atom stereocenters. The Hall–Kier alpha value is -2.02. The molecule has 0 bridgehead atoms. The Bertz CT molecular complexity index is 664. The molecule has 2 rings (SSSR count). The first-order valence-electron chi connectivity index (χ1n) is 5.48. The molecule has 2 aromatic rings. The number of rotatable bonds is 4. The molecule has 0 unspecified atom stereocenters. The summed E-state index contributed by atoms with van der Waals surface area (Å²) in [6.45, 7) is 0. The van der Waals surface area contributed by atoms with Crippen molar-refractivity contribution in [3.8, 4) is 11.5 Å². The molecule has 2 aromatic carbocycles. The van der Waals surface area contributed by atoms with Gasteiger partial charge in [0, 0.05) is 10.9 Å². The molecule has 0 aliphatic heterocycles. The van der Waals surface area contributed by atoms with Gasteiger partial charge in [-0.25, -0.2) is 8.78 Å². The van der Waals surface area contributed by atoms with E-state index in [9.17, 15) is 18.9 Å². The number of nitro groups is 1. The fraction of sp³-hybridized carbons (Fsp3) is 0.0769. The summed E-state index contributed by atoms with van der Waals surface area (Å²) in [7, 11) is 0. The maximum atomic E-state index is 13.7. The smallest absolute Gasteiger partial charge is 0.314 e. The first-order valence-corrected chi connectivity index (χ1v) is 6.60. The largest absolute Gasteiger partial charge is 0.447 e. The molecule has 0 saturated carbocycles. The van der Waals surface area contributed by atoms with Crippen LogP contribution >= 0.6 is 15.9 Å². The van der Waals surface area contributed by atoms with Crippen molar-refractivity contribution in [2.24, 2.45) is 0 Å². The molecule has 0 heterocycles. The predicted octanol–water partition coefficient (Wildman–Crippen LogP) is 4.56. The number of benzene rings is 2. The van der Waals surface area contributed by atoms with Crippen molar-refractivity contribution in [3.05, 3.63) is 63.7 Å². The summed E-state index contributed by atoms with van der Waals surface area (Å²) < 4.78 is 32.0. The van der Waals surface area contributed by atoms with E-state index in [1.165, 1.54) is 12.1 Å². The lowest BCUT2D eigenvalue weighted by Gasteiger charge is -2.10. The van der Waals surface area contributed by atoms with E-state index in [0.29, 0.717) is 10.9 Å². The summed E-state index contributed by atoms with van der Waals surface area (Å²) in [6.07, 6.45) is 0. The quantitative estimate of drug-likeness (QED) is 0.464. The second-order valence-corrected chi connectivity index (χ2v) is 4.39. The SMILES string of the molecule is O=[N+]([O-])c1cc(F)ccc1Oc1c(F)cccc1CBr. The second kappa shape index (κ2) is 5.96. The molecule has 0 amide bonds. The average Bonchev–Trinajstić information content (AvgIpc) is 2.42. The number of nitrogens with zero attached hydrogens (tertiary/aromatic N) is 1. The summed E-state index contributed by atoms with van der Waals surface area (Å²) in [5.41, 5.74) is -0.0719. The third kappa shape index (κ3) is 2.93. The Kier molecular flexibility index (Phi) is 4.29. The number of hydrogen-bond donors (Lipinski definition) is 0. The maximum absolute atomic E-state index is 13.7. The van der Waals surface area contributed by atoms with Crippen LogP contribution in [0.4, 0.5) is 14.5 Å². The summed E-state index contributed by atoms with van der Waals surface area (Å²) in [4.78, 5) is 10.1. The normalized spacial score (nSPS) is 10.3. The summed E-state index contributed by atoms with van der Waals surface area (Å²) >= 11 is 3.17. The van der Waals surface area contributed by atoms with E-state index in [-0.39, 0.29) is 11.5 Å². The molecular formula is C13H8BrF2NO3. The van der Waals surface area contributed by atoms with Crippen LogP contribution in [-0.4, -0.2) is 4.92 Å². The van der Waals surface area contributed by atoms with Gasteiger partial charge in [-0.1, -0.05) is 28.1 Å². The van der Waals surface area contributed by atoms with E-state index in [1.807, 2.05) is 0 Å². The van der Waals surface area contributed by atoms with Crippen LogP contribution < -0.4 is 4.74 Å². The second-order valence-electron chi connectivity index (χ2n) is 3.83. The van der Waals surface area contributed by atoms with Crippen LogP contribution in [0.5, 0.6) is 11.5 Å². The maximum Gasteiger partial charge on any atom is 0.314 e. The number of alkyl halides is 1. The van der Waals surface area contributed by atoms with Gasteiger partial charge in [-0.3, -0.25) is 10.1 Å². The number of para-hydroxylation sites is 1. The van der Waals surface area contributed by atoms with Crippen molar-refractivity contribution >= 4 is 21.6 Å². The molecular weight excluding hydrogens is 336 g/mol. The van der Waals surface area contributed by atoms with Crippen molar-refractivity contribution in [1.82, 2.24) is 0 Å². The Morgan fingerprint density at radius 3 is 2.65 bits per heavy atom. The molecule has 20 heavy (non-hydrogen) atoms. The molecule has 0 aliphatic rings. The molecule has 0 aromatic heterocycles. The number of nitro benzene ring substituents is 1. The molecule has 7 heteroatoms. The van der Waals surface area contributed by atoms with Crippen molar-refractivity contribution in [1.29, 1.82) is 0 Å². The van der Waals surface area contributed by atoms with Gasteiger partial charge in [0.2, 0.25) is 5.75 Å². The molecule has 0 radical (unpaired) electrons. The topological polar surface area (TPSA) is 52.4 Å². The Morgan fingerprint density at radius 1 is 1.25 bits per heavy atom. The lowest BCUT2D eigenvalue weighted by Crippen LogP contribution is -1.97. The van der Waals surface area contributed by atoms with E-state index in [0.717, 1.165) is 18.2 Å². The molecule has 0 fully saturated rings. The van der Waals surface area contributed by atoms with E-state index >= 15 is 0 Å². The van der Waals surface area contributed by atoms with E-state index in [4.69, 9.17) is 4.74 Å². The first kappa shape index (κ1) is 14.4. The highest BCUT2D eigenvalue weighted by Crippen LogP contribution is 2.35. The zero-order valence-corrected chi connectivity index (χ0v) is 11.6. The lowest BCUT2D eigenvalue weighted by molar-refractivity contribution is -0.385. The molecule has 0 spiro atoms. The number of ether oxygens (including phenoxy) is 1. The monoisotopic (exact) mass is 343 g/mol. The van der Waals surface area contributed by atoms with Crippen molar-refractivity contribution in [3.63, 3.8) is 0 Å². The summed E-state index contributed by atoms with van der Waals surface area (Å²) in [6, 6.07) is 7.12. The number of halogens is 3. The van der Waals surface area contributed by atoms with Crippen molar-refractivity contribution < 1.29 is 18.4 Å². The zero-order valence-electron chi connectivity index (χ0n) is 9.98. The van der Waals surface area contributed by atoms with Crippen molar-refractivity contribution in [2.75, 3.05) is 0 Å². The lowest BCUT2D eigenvalue weighted by atomic mass is 10.2. The van der Waals surface area contributed by atoms with E-state index < -0.39 is 22.2 Å². The third-order valence-corrected chi connectivity index (χ3v) is 3.13. The highest BCUT2D eigenvalue weighted by Gasteiger charge is 2.19. The molecule has 4 nitrogen and oxygen atoms in total. The van der Waals surface area contributed by atoms with Gasteiger partial charge in [0.05, 0.1) is 11.0 Å². The van der Waals surface area contributed by atoms with Crippen LogP contribution in [-0.2, 0) is 5.33 Å². The van der Waals surface area contributed by atoms with Crippen LogP contribution in [0.25, 0.3) is 0 Å². The van der Waals surface area contributed by atoms with Gasteiger partial charge >= 0.3 is 5.69 Å². The predicted molar refractivity (Wildman–Crippen MR) is 72.2 cm³/mol. The Labute approximate surface area is 121 Å². The standard InChI is InChI=1S/C13H8BrF2NO3/c14-7-8-2-1-3-10(16)13(8)20-12-5-4-9(15)6-11(12)17(18)19/h1-6H,7H2. The third-order valence-electron chi connectivity index (χ3n) is 2.52. The fourth-order valence-electron chi connectivity index (χ4n) is 1.60. The Morgan fingerprint density at radius 2 is 2.00 bits per heavy atom. The van der Waals surface area contributed by atoms with Gasteiger partial charge in [0.1, 0.15) is 5.82 Å². The van der Waals surface area contributed by atoms with Crippen LogP contribution in [0.3, 0.4) is 0 Å². The molecule has 0 saturated heterocycles. The first-order chi connectivity index (χ1) is 9.52. The molecule has 0 aliphatic carbocycles. The van der Waals surface area contributed by atoms with Crippen LogP contribution in [0, 0.1) is 21.7 Å². The van der Waals surface area contributed by atoms with Gasteiger partial charge in [-0.2, -0.15) is 0 Å². The van der Waals surface area contributed by atoms with Crippen LogP contribution in [0.2, 0.25) is 0 Å². The Balaban J connectivity index is 2.48. The van der Waals surface area contributed by atoms with E-state index in [2.05, 4.69) is 15.9 Å². The van der Waals surface area contributed by atoms with Crippen LogP contribution in [0.1, 0.15) is 5.56 Å². The molecule has 104 valence electrons. The zero-order chi connectivity index (χ0) is 14.7. The summed E-state index contributed by atoms with van der Waals surface area (Å²) in [5, 5.41) is 11.2. The van der Waals surface area contributed by atoms with Crippen LogP contribution in [0.15, 0.2) is 36.4 Å². The minimum absolute atomic E-state index is 0.126. The van der Waals surface area contributed by atoms with Crippen molar-refractivity contribution in [2.45, 2.75) is 5.33 Å². The minimum atomic E-state index is -0.785. The van der Waals surface area contributed by atoms with Gasteiger partial charge < -0.3 is 4.74 Å². The average molecular weight is 344 g/mol. The van der Waals surface area contributed by atoms with Gasteiger partial charge in [0.25, 0.3) is 0 Å². The van der Waals surface area contributed by atoms with Gasteiger partial charge in [0.15, 0.2) is 11.6 Å². The highest BCUT2D eigenvalue weighted by atomic mass is 79.9.